The topological polar surface area (TPSA) is 31.4 Å². The van der Waals surface area contributed by atoms with Crippen molar-refractivity contribution in [1.82, 2.24) is 9.30 Å². The number of nitriles is 1. The van der Waals surface area contributed by atoms with E-state index in [0.29, 0.717) is 0 Å². The Bertz CT molecular complexity index is 837. The predicted octanol–water partition coefficient (Wildman–Crippen LogP) is 4.01. The molecule has 3 aromatic rings. The molecule has 0 unspecified atom stereocenters. The van der Waals surface area contributed by atoms with E-state index >= 15 is 0 Å². The van der Waals surface area contributed by atoms with E-state index in [1.807, 2.05) is 28.8 Å². The number of aromatic nitrogens is 1. The molecule has 0 N–H and O–H groups in total. The SMILES string of the molecule is CCc1ccc(CN(C)Cc2cn3ccccc3c2C#N)cc1. The fraction of sp³-hybridized carbons (Fsp3) is 0.250. The van der Waals surface area contributed by atoms with Gasteiger partial charge in [0, 0.05) is 31.0 Å². The van der Waals surface area contributed by atoms with E-state index in [1.54, 1.807) is 0 Å². The summed E-state index contributed by atoms with van der Waals surface area (Å²) in [5, 5.41) is 9.48. The van der Waals surface area contributed by atoms with Crippen LogP contribution < -0.4 is 0 Å². The zero-order chi connectivity index (χ0) is 16.2. The number of hydrogen-bond donors (Lipinski definition) is 0. The Morgan fingerprint density at radius 3 is 2.48 bits per heavy atom. The molecule has 2 aromatic heterocycles. The van der Waals surface area contributed by atoms with Crippen LogP contribution in [0.15, 0.2) is 54.9 Å². The van der Waals surface area contributed by atoms with Gasteiger partial charge in [0.15, 0.2) is 0 Å². The van der Waals surface area contributed by atoms with Gasteiger partial charge in [-0.15, -0.1) is 0 Å². The molecule has 0 saturated heterocycles. The summed E-state index contributed by atoms with van der Waals surface area (Å²) >= 11 is 0. The molecule has 3 rings (SSSR count). The molecule has 2 heterocycles. The average molecular weight is 303 g/mol. The number of aryl methyl sites for hydroxylation is 1. The van der Waals surface area contributed by atoms with E-state index < -0.39 is 0 Å². The number of rotatable bonds is 5. The van der Waals surface area contributed by atoms with Crippen molar-refractivity contribution in [2.24, 2.45) is 0 Å². The highest BCUT2D eigenvalue weighted by Crippen LogP contribution is 2.19. The molecular formula is C20H21N3. The van der Waals surface area contributed by atoms with Crippen LogP contribution in [0.25, 0.3) is 5.52 Å². The summed E-state index contributed by atoms with van der Waals surface area (Å²) in [7, 11) is 2.09. The third-order valence-electron chi connectivity index (χ3n) is 4.20. The van der Waals surface area contributed by atoms with Gasteiger partial charge in [0.2, 0.25) is 0 Å². The van der Waals surface area contributed by atoms with Crippen molar-refractivity contribution in [2.75, 3.05) is 7.05 Å². The van der Waals surface area contributed by atoms with Crippen LogP contribution in [0.4, 0.5) is 0 Å². The van der Waals surface area contributed by atoms with E-state index in [4.69, 9.17) is 0 Å². The molecule has 0 bridgehead atoms. The van der Waals surface area contributed by atoms with Gasteiger partial charge in [-0.1, -0.05) is 37.3 Å². The Morgan fingerprint density at radius 2 is 1.78 bits per heavy atom. The number of benzene rings is 1. The lowest BCUT2D eigenvalue weighted by Crippen LogP contribution is -2.17. The monoisotopic (exact) mass is 303 g/mol. The maximum Gasteiger partial charge on any atom is 0.102 e. The van der Waals surface area contributed by atoms with Gasteiger partial charge in [-0.05, 0) is 36.7 Å². The van der Waals surface area contributed by atoms with E-state index in [2.05, 4.69) is 55.4 Å². The molecule has 0 aliphatic carbocycles. The number of hydrogen-bond acceptors (Lipinski definition) is 2. The van der Waals surface area contributed by atoms with Crippen LogP contribution in [0.2, 0.25) is 0 Å². The van der Waals surface area contributed by atoms with E-state index in [9.17, 15) is 5.26 Å². The van der Waals surface area contributed by atoms with E-state index in [0.717, 1.165) is 36.2 Å². The van der Waals surface area contributed by atoms with Gasteiger partial charge in [-0.3, -0.25) is 4.90 Å². The Labute approximate surface area is 137 Å². The van der Waals surface area contributed by atoms with Crippen LogP contribution in [0.3, 0.4) is 0 Å². The molecule has 0 radical (unpaired) electrons. The second kappa shape index (κ2) is 6.68. The van der Waals surface area contributed by atoms with Crippen LogP contribution >= 0.6 is 0 Å². The summed E-state index contributed by atoms with van der Waals surface area (Å²) in [4.78, 5) is 2.25. The van der Waals surface area contributed by atoms with Crippen molar-refractivity contribution in [3.63, 3.8) is 0 Å². The molecule has 3 nitrogen and oxygen atoms in total. The van der Waals surface area contributed by atoms with Crippen LogP contribution in [0, 0.1) is 11.3 Å². The second-order valence-electron chi connectivity index (χ2n) is 5.98. The molecule has 23 heavy (non-hydrogen) atoms. The van der Waals surface area contributed by atoms with Crippen LogP contribution in [0.1, 0.15) is 29.2 Å². The summed E-state index contributed by atoms with van der Waals surface area (Å²) in [6.07, 6.45) is 5.12. The summed E-state index contributed by atoms with van der Waals surface area (Å²) in [6.45, 7) is 3.81. The molecule has 0 saturated carbocycles. The molecule has 0 amide bonds. The third-order valence-corrected chi connectivity index (χ3v) is 4.20. The normalized spacial score (nSPS) is 11.0. The van der Waals surface area contributed by atoms with Crippen molar-refractivity contribution in [2.45, 2.75) is 26.4 Å². The maximum absolute atomic E-state index is 9.48. The van der Waals surface area contributed by atoms with Crippen LogP contribution in [-0.2, 0) is 19.5 Å². The molecule has 0 spiro atoms. The van der Waals surface area contributed by atoms with Crippen molar-refractivity contribution in [1.29, 1.82) is 5.26 Å². The maximum atomic E-state index is 9.48. The lowest BCUT2D eigenvalue weighted by atomic mass is 10.1. The fourth-order valence-electron chi connectivity index (χ4n) is 2.97. The number of fused-ring (bicyclic) bond motifs is 1. The summed E-state index contributed by atoms with van der Waals surface area (Å²) < 4.78 is 2.03. The number of nitrogens with zero attached hydrogens (tertiary/aromatic N) is 3. The fourth-order valence-corrected chi connectivity index (χ4v) is 2.97. The second-order valence-corrected chi connectivity index (χ2v) is 5.98. The molecule has 116 valence electrons. The standard InChI is InChI=1S/C20H21N3/c1-3-16-7-9-17(10-8-16)13-22(2)14-18-15-23-11-5-4-6-20(23)19(18)12-21/h4-11,15H,3,13-14H2,1-2H3. The summed E-state index contributed by atoms with van der Waals surface area (Å²) in [5.41, 5.74) is 5.49. The Balaban J connectivity index is 1.77. The first kappa shape index (κ1) is 15.3. The zero-order valence-corrected chi connectivity index (χ0v) is 13.7. The van der Waals surface area contributed by atoms with Crippen LogP contribution in [-0.4, -0.2) is 16.3 Å². The predicted molar refractivity (Wildman–Crippen MR) is 93.1 cm³/mol. The molecule has 3 heteroatoms. The zero-order valence-electron chi connectivity index (χ0n) is 13.7. The molecule has 0 atom stereocenters. The largest absolute Gasteiger partial charge is 0.322 e. The molecule has 1 aromatic carbocycles. The lowest BCUT2D eigenvalue weighted by molar-refractivity contribution is 0.319. The molecule has 0 fully saturated rings. The quantitative estimate of drug-likeness (QED) is 0.713. The van der Waals surface area contributed by atoms with Gasteiger partial charge in [0.1, 0.15) is 6.07 Å². The molecular weight excluding hydrogens is 282 g/mol. The number of pyridine rings is 1. The van der Waals surface area contributed by atoms with Crippen molar-refractivity contribution >= 4 is 5.52 Å². The Hall–Kier alpha value is -2.57. The highest BCUT2D eigenvalue weighted by Gasteiger charge is 2.12. The minimum Gasteiger partial charge on any atom is -0.322 e. The van der Waals surface area contributed by atoms with Gasteiger partial charge in [-0.25, -0.2) is 0 Å². The highest BCUT2D eigenvalue weighted by molar-refractivity contribution is 5.65. The van der Waals surface area contributed by atoms with E-state index in [-0.39, 0.29) is 0 Å². The smallest absolute Gasteiger partial charge is 0.102 e. The highest BCUT2D eigenvalue weighted by atomic mass is 15.1. The van der Waals surface area contributed by atoms with Crippen molar-refractivity contribution in [3.8, 4) is 6.07 Å². The van der Waals surface area contributed by atoms with Gasteiger partial charge in [0.05, 0.1) is 11.1 Å². The average Bonchev–Trinajstić information content (AvgIpc) is 2.92. The minimum absolute atomic E-state index is 0.764. The first-order valence-corrected chi connectivity index (χ1v) is 7.96. The van der Waals surface area contributed by atoms with Gasteiger partial charge in [-0.2, -0.15) is 5.26 Å². The van der Waals surface area contributed by atoms with Crippen molar-refractivity contribution in [3.05, 3.63) is 77.1 Å². The van der Waals surface area contributed by atoms with Gasteiger partial charge in [0.25, 0.3) is 0 Å². The van der Waals surface area contributed by atoms with Gasteiger partial charge < -0.3 is 4.40 Å². The van der Waals surface area contributed by atoms with Gasteiger partial charge >= 0.3 is 0 Å². The first-order valence-electron chi connectivity index (χ1n) is 7.96. The van der Waals surface area contributed by atoms with Crippen molar-refractivity contribution < 1.29 is 0 Å². The van der Waals surface area contributed by atoms with E-state index in [1.165, 1.54) is 11.1 Å². The molecule has 0 aliphatic heterocycles. The summed E-state index contributed by atoms with van der Waals surface area (Å²) in [5.74, 6) is 0. The van der Waals surface area contributed by atoms with Crippen LogP contribution in [0.5, 0.6) is 0 Å². The minimum atomic E-state index is 0.764. The third kappa shape index (κ3) is 3.28. The summed E-state index contributed by atoms with van der Waals surface area (Å²) in [6, 6.07) is 17.1. The Kier molecular flexibility index (Phi) is 4.45. The first-order chi connectivity index (χ1) is 11.2. The lowest BCUT2D eigenvalue weighted by Gasteiger charge is -2.16. The molecule has 0 aliphatic rings. The Morgan fingerprint density at radius 1 is 1.04 bits per heavy atom.